The third-order valence-corrected chi connectivity index (χ3v) is 20.9. The Labute approximate surface area is 788 Å². The van der Waals surface area contributed by atoms with Crippen molar-refractivity contribution in [3.8, 4) is 0 Å². The lowest BCUT2D eigenvalue weighted by Gasteiger charge is -2.19. The molecule has 0 fully saturated rings. The lowest BCUT2D eigenvalue weighted by molar-refractivity contribution is -0.136. The van der Waals surface area contributed by atoms with Crippen LogP contribution in [0.25, 0.3) is 0 Å². The Morgan fingerprint density at radius 1 is 0.406 bits per heavy atom. The Bertz CT molecular complexity index is 4290. The van der Waals surface area contributed by atoms with Gasteiger partial charge in [0.25, 0.3) is 0 Å². The highest BCUT2D eigenvalue weighted by molar-refractivity contribution is 7.99. The van der Waals surface area contributed by atoms with Gasteiger partial charge in [0.15, 0.2) is 5.16 Å². The second kappa shape index (κ2) is 69.5. The summed E-state index contributed by atoms with van der Waals surface area (Å²) in [6, 6.07) is 8.09. The van der Waals surface area contributed by atoms with Crippen molar-refractivity contribution >= 4 is 107 Å². The molecule has 54 heteroatoms. The molecule has 6 aromatic rings. The molecule has 5 heterocycles. The van der Waals surface area contributed by atoms with Gasteiger partial charge in [-0.15, -0.1) is 0 Å². The maximum atomic E-state index is 11.0. The molecule has 18 N–H and O–H groups in total. The number of nitrogens with one attached hydrogen (secondary N) is 8. The molecular weight excluding hydrogens is 1860 g/mol. The van der Waals surface area contributed by atoms with Crippen molar-refractivity contribution in [3.63, 3.8) is 0 Å². The molecule has 5 aromatic heterocycles. The average molecular weight is 2000 g/mol. The zero-order valence-corrected chi connectivity index (χ0v) is 84.5. The summed E-state index contributed by atoms with van der Waals surface area (Å²) in [5, 5.41) is 40.9. The van der Waals surface area contributed by atoms with Crippen LogP contribution in [0.4, 0.5) is 41.6 Å². The van der Waals surface area contributed by atoms with Gasteiger partial charge in [0, 0.05) is 70.4 Å². The number of aliphatic carboxylic acids is 2. The number of unbranched alkanes of at least 4 members (excludes halogenated alkanes) is 3. The molecule has 6 unspecified atom stereocenters. The van der Waals surface area contributed by atoms with Crippen molar-refractivity contribution in [2.24, 2.45) is 23.7 Å². The Morgan fingerprint density at radius 2 is 0.789 bits per heavy atom. The number of hydrogen-bond donors (Lipinski definition) is 18. The topological polar surface area (TPSA) is 671 Å². The van der Waals surface area contributed by atoms with E-state index in [1.54, 1.807) is 46.4 Å². The number of rotatable bonds is 66. The highest BCUT2D eigenvalue weighted by Crippen LogP contribution is 2.36. The van der Waals surface area contributed by atoms with Gasteiger partial charge < -0.3 is 135 Å². The lowest BCUT2D eigenvalue weighted by atomic mass is 10.1. The number of aromatic nitrogens is 15. The van der Waals surface area contributed by atoms with Crippen molar-refractivity contribution in [2.45, 2.75) is 172 Å². The zero-order chi connectivity index (χ0) is 99.2. The molecule has 0 bridgehead atoms. The van der Waals surface area contributed by atoms with E-state index in [0.29, 0.717) is 174 Å². The molecule has 756 valence electrons. The minimum atomic E-state index is -4.18. The first-order valence-electron chi connectivity index (χ1n) is 43.4. The summed E-state index contributed by atoms with van der Waals surface area (Å²) < 4.78 is 88.6. The zero-order valence-electron chi connectivity index (χ0n) is 79.3. The third kappa shape index (κ3) is 67.6. The second-order valence-electron chi connectivity index (χ2n) is 30.9. The van der Waals surface area contributed by atoms with Crippen LogP contribution in [-0.4, -0.2) is 324 Å². The van der Waals surface area contributed by atoms with E-state index in [-0.39, 0.29) is 53.8 Å². The van der Waals surface area contributed by atoms with Crippen LogP contribution < -0.4 is 47.4 Å². The van der Waals surface area contributed by atoms with E-state index in [2.05, 4.69) is 151 Å². The second-order valence-corrected chi connectivity index (χ2v) is 39.5. The van der Waals surface area contributed by atoms with Crippen molar-refractivity contribution in [1.82, 2.24) is 85.4 Å². The molecule has 6 rings (SSSR count). The molecule has 6 atom stereocenters. The summed E-state index contributed by atoms with van der Waals surface area (Å²) in [7, 11) is -12.9. The quantitative estimate of drug-likeness (QED) is 0.0100. The third-order valence-electron chi connectivity index (χ3n) is 17.3. The molecule has 0 saturated carbocycles. The number of nitrogens with zero attached hydrogens (tertiary/aromatic N) is 16. The van der Waals surface area contributed by atoms with Crippen LogP contribution in [0, 0.1) is 58.3 Å². The van der Waals surface area contributed by atoms with Gasteiger partial charge in [-0.05, 0) is 123 Å². The number of thioether (sulfide) groups is 2. The first-order valence-corrected chi connectivity index (χ1v) is 53.0. The normalized spacial score (nSPS) is 12.9. The van der Waals surface area contributed by atoms with Crippen LogP contribution in [0.1, 0.15) is 146 Å². The number of anilines is 7. The Morgan fingerprint density at radius 3 is 1.22 bits per heavy atom. The largest absolute Gasteiger partial charge is 0.480 e. The lowest BCUT2D eigenvalue weighted by Crippen LogP contribution is -2.36. The van der Waals surface area contributed by atoms with Crippen molar-refractivity contribution in [3.05, 3.63) is 76.2 Å². The summed E-state index contributed by atoms with van der Waals surface area (Å²) >= 11 is 3.13. The molecule has 0 aliphatic heterocycles. The van der Waals surface area contributed by atoms with Gasteiger partial charge >= 0.3 is 42.3 Å². The summed E-state index contributed by atoms with van der Waals surface area (Å²) in [6.07, 6.45) is 7.56. The fourth-order valence-corrected chi connectivity index (χ4v) is 13.0. The fourth-order valence-electron chi connectivity index (χ4n) is 10.6. The van der Waals surface area contributed by atoms with E-state index < -0.39 is 80.6 Å². The number of carboxylic acids is 2. The van der Waals surface area contributed by atoms with Gasteiger partial charge in [0.1, 0.15) is 79.0 Å². The van der Waals surface area contributed by atoms with Crippen LogP contribution in [0.3, 0.4) is 0 Å². The van der Waals surface area contributed by atoms with E-state index >= 15 is 0 Å². The molecule has 0 aliphatic carbocycles. The van der Waals surface area contributed by atoms with E-state index in [1.165, 1.54) is 17.3 Å². The number of ether oxygens (including phenoxy) is 8. The van der Waals surface area contributed by atoms with E-state index in [0.717, 1.165) is 87.7 Å². The molecule has 0 saturated heterocycles. The predicted molar refractivity (Wildman–Crippen MR) is 509 cm³/mol. The maximum Gasteiger partial charge on any atom is 0.344 e. The number of aryl methyl sites for hydroxylation is 5. The van der Waals surface area contributed by atoms with E-state index in [1.807, 2.05) is 66.2 Å². The Balaban J connectivity index is 0.000000564. The molecule has 0 amide bonds. The number of hydrogen-bond acceptors (Lipinski definition) is 40. The number of carboxylic acid groups (broad SMARTS) is 2. The molecular formula is C79H144N24O24P4S2. The standard InChI is InChI=1S/2C19H37N4O6P.C15H26N6O4.C14H21N6O3P.C12H23N4O5PS2/c2*1-6-14(2)10-27-7-8-29-16(4)12-28-11-15(3)9-18-21-17(5)22-19(23-18)20-13-30(24,25)26;1-11-18-14(17-8-6-4-3-5-7-16-2)20-15(19-11)21(9-12(22)23)10-13(24)25;1-10-18-13(20-14(19-10)17-9-24(21,22)23)16-8-12-5-3-4-11(6-12)7-15-2;1-10-14-11(13-9-22(17,18)19)16-12(15-10)24-8-6-21-4-3-20-5-7-23-2/h2*14-16H,6-13H2,1-5H3,(H2,24,25,26)(H,20,21,22,23);16H,3-10H2,1-2H3,(H,22,23)(H,24,25)(H,17,18,19,20);3-6,15H,7-9H2,1-2H3,(H2,21,22,23)(H2,16,17,18,19,20);3-9H2,1-2H3,(H2,17,18,19)(H,13,14,15,16). The summed E-state index contributed by atoms with van der Waals surface area (Å²) in [4.78, 5) is 156. The minimum absolute atomic E-state index is 0.0210. The minimum Gasteiger partial charge on any atom is -0.480 e. The first kappa shape index (κ1) is 122. The number of benzene rings is 1. The van der Waals surface area contributed by atoms with Gasteiger partial charge in [-0.25, -0.2) is 15.0 Å². The summed E-state index contributed by atoms with van der Waals surface area (Å²) in [5.74, 6) is 5.45. The van der Waals surface area contributed by atoms with Crippen LogP contribution in [0.5, 0.6) is 0 Å². The molecule has 0 aliphatic rings. The Hall–Kier alpha value is -7.29. The smallest absolute Gasteiger partial charge is 0.344 e. The monoisotopic (exact) mass is 2000 g/mol. The summed E-state index contributed by atoms with van der Waals surface area (Å²) in [6.45, 7) is 35.2. The highest BCUT2D eigenvalue weighted by Gasteiger charge is 2.23. The first-order chi connectivity index (χ1) is 62.8. The fraction of sp³-hybridized carbons (Fsp3) is 0.709. The van der Waals surface area contributed by atoms with E-state index in [4.69, 9.17) is 87.3 Å². The van der Waals surface area contributed by atoms with E-state index in [9.17, 15) is 27.8 Å². The van der Waals surface area contributed by atoms with Gasteiger partial charge in [-0.3, -0.25) is 27.8 Å². The summed E-state index contributed by atoms with van der Waals surface area (Å²) in [5.41, 5.74) is 2.25. The van der Waals surface area contributed by atoms with Gasteiger partial charge in [0.2, 0.25) is 41.6 Å². The molecule has 48 nitrogen and oxygen atoms in total. The molecule has 0 radical (unpaired) electrons. The van der Waals surface area contributed by atoms with Crippen LogP contribution in [-0.2, 0) is 91.7 Å². The van der Waals surface area contributed by atoms with Crippen LogP contribution in [0.2, 0.25) is 0 Å². The van der Waals surface area contributed by atoms with Crippen molar-refractivity contribution in [2.75, 3.05) is 212 Å². The average Bonchev–Trinajstić information content (AvgIpc) is 0.845. The predicted octanol–water partition coefficient (Wildman–Crippen LogP) is 7.40. The molecule has 133 heavy (non-hydrogen) atoms. The molecule has 1 aromatic carbocycles. The van der Waals surface area contributed by atoms with Crippen molar-refractivity contribution in [1.29, 1.82) is 0 Å². The van der Waals surface area contributed by atoms with Gasteiger partial charge in [-0.1, -0.05) is 103 Å². The van der Waals surface area contributed by atoms with Crippen molar-refractivity contribution < 1.29 is 115 Å². The van der Waals surface area contributed by atoms with Crippen LogP contribution in [0.15, 0.2) is 29.4 Å². The SMILES string of the molecule is CCC(C)COCCOC(C)COCC(C)Cc1nc(C)nc(NCP(=O)(O)O)n1.CCC(C)COCCOC(C)COCC(C)Cc1nc(C)nc(NCP(=O)(O)O)n1.CNCCCCCCNc1nc(C)nc(N(CC(=O)O)CC(=O)O)n1.CNCc1cccc(CNc2nc(C)nc(NCP(=O)(O)O)n2)c1.CSCCOCCOCCSc1nc(C)nc(NCP(=O)(O)O)n1. The van der Waals surface area contributed by atoms with Gasteiger partial charge in [0.05, 0.1) is 78.3 Å². The highest BCUT2D eigenvalue weighted by atomic mass is 32.2. The Kier molecular flexibility index (Phi) is 63.6. The van der Waals surface area contributed by atoms with Crippen LogP contribution >= 0.6 is 53.9 Å². The number of carbonyl (C=O) groups is 2. The molecule has 0 spiro atoms. The van der Waals surface area contributed by atoms with Gasteiger partial charge in [-0.2, -0.15) is 71.6 Å². The maximum absolute atomic E-state index is 11.0.